The first-order chi connectivity index (χ1) is 12.2. The zero-order valence-electron chi connectivity index (χ0n) is 14.0. The van der Waals surface area contributed by atoms with E-state index in [9.17, 15) is 0 Å². The van der Waals surface area contributed by atoms with Gasteiger partial charge < -0.3 is 15.0 Å². The molecule has 0 bridgehead atoms. The third-order valence-electron chi connectivity index (χ3n) is 3.76. The van der Waals surface area contributed by atoms with Crippen LogP contribution in [0.1, 0.15) is 9.75 Å². The van der Waals surface area contributed by atoms with Gasteiger partial charge in [0.25, 0.3) is 0 Å². The molecule has 0 atom stereocenters. The Morgan fingerprint density at radius 3 is 2.32 bits per heavy atom. The van der Waals surface area contributed by atoms with E-state index in [2.05, 4.69) is 45.2 Å². The van der Waals surface area contributed by atoms with E-state index in [1.165, 1.54) is 9.75 Å². The van der Waals surface area contributed by atoms with Gasteiger partial charge in [0.1, 0.15) is 5.75 Å². The van der Waals surface area contributed by atoms with Crippen molar-refractivity contribution in [1.29, 1.82) is 0 Å². The quantitative estimate of drug-likeness (QED) is 0.558. The fourth-order valence-electron chi connectivity index (χ4n) is 2.42. The molecule has 3 rings (SSSR count). The Labute approximate surface area is 161 Å². The number of methoxy groups -OCH3 is 1. The first-order valence-electron chi connectivity index (χ1n) is 7.99. The van der Waals surface area contributed by atoms with Gasteiger partial charge in [-0.2, -0.15) is 0 Å². The Bertz CT molecular complexity index is 768. The summed E-state index contributed by atoms with van der Waals surface area (Å²) in [6, 6.07) is 16.3. The molecule has 0 aliphatic rings. The van der Waals surface area contributed by atoms with Crippen LogP contribution in [-0.2, 0) is 13.0 Å². The second-order valence-electron chi connectivity index (χ2n) is 5.49. The van der Waals surface area contributed by atoms with Gasteiger partial charge in [-0.3, -0.25) is 0 Å². The molecule has 0 unspecified atom stereocenters. The predicted molar refractivity (Wildman–Crippen MR) is 112 cm³/mol. The lowest BCUT2D eigenvalue weighted by molar-refractivity contribution is 0.415. The monoisotopic (exact) mass is 388 g/mol. The molecular formula is C19H20N2OS3. The average Bonchev–Trinajstić information content (AvgIpc) is 3.33. The first-order valence-corrected chi connectivity index (χ1v) is 10.2. The number of nitrogens with one attached hydrogen (secondary N) is 1. The van der Waals surface area contributed by atoms with Gasteiger partial charge in [-0.05, 0) is 65.8 Å². The third kappa shape index (κ3) is 5.29. The van der Waals surface area contributed by atoms with Crippen molar-refractivity contribution in [3.8, 4) is 5.75 Å². The number of thiocarbonyl (C=S) groups is 1. The lowest BCUT2D eigenvalue weighted by atomic mass is 10.3. The number of nitrogens with zero attached hydrogens (tertiary/aromatic N) is 1. The van der Waals surface area contributed by atoms with Gasteiger partial charge in [-0.1, -0.05) is 12.1 Å². The Balaban J connectivity index is 1.66. The highest BCUT2D eigenvalue weighted by atomic mass is 32.1. The number of rotatable bonds is 7. The number of benzene rings is 1. The molecule has 0 amide bonds. The highest BCUT2D eigenvalue weighted by molar-refractivity contribution is 7.80. The summed E-state index contributed by atoms with van der Waals surface area (Å²) >= 11 is 9.23. The second kappa shape index (κ2) is 8.99. The first kappa shape index (κ1) is 17.9. The minimum Gasteiger partial charge on any atom is -0.497 e. The Hall–Kier alpha value is -1.89. The Morgan fingerprint density at radius 2 is 1.72 bits per heavy atom. The van der Waals surface area contributed by atoms with E-state index in [0.717, 1.165) is 36.1 Å². The van der Waals surface area contributed by atoms with Crippen LogP contribution in [-0.4, -0.2) is 23.7 Å². The Morgan fingerprint density at radius 1 is 1.04 bits per heavy atom. The maximum Gasteiger partial charge on any atom is 0.173 e. The molecule has 2 aromatic heterocycles. The van der Waals surface area contributed by atoms with Gasteiger partial charge in [-0.25, -0.2) is 0 Å². The summed E-state index contributed by atoms with van der Waals surface area (Å²) in [7, 11) is 1.67. The Kier molecular flexibility index (Phi) is 6.44. The molecule has 0 saturated carbocycles. The number of thiophene rings is 2. The van der Waals surface area contributed by atoms with Crippen LogP contribution in [0.2, 0.25) is 0 Å². The summed E-state index contributed by atoms with van der Waals surface area (Å²) in [5.41, 5.74) is 0.970. The molecule has 0 spiro atoms. The van der Waals surface area contributed by atoms with Crippen molar-refractivity contribution in [3.05, 3.63) is 69.0 Å². The van der Waals surface area contributed by atoms with Crippen LogP contribution >= 0.6 is 34.9 Å². The van der Waals surface area contributed by atoms with Crippen LogP contribution in [0.15, 0.2) is 59.3 Å². The van der Waals surface area contributed by atoms with Crippen LogP contribution in [0.25, 0.3) is 0 Å². The highest BCUT2D eigenvalue weighted by Crippen LogP contribution is 2.18. The largest absolute Gasteiger partial charge is 0.497 e. The van der Waals surface area contributed by atoms with E-state index in [1.54, 1.807) is 29.8 Å². The number of hydrogen-bond acceptors (Lipinski definition) is 4. The number of hydrogen-bond donors (Lipinski definition) is 1. The van der Waals surface area contributed by atoms with E-state index < -0.39 is 0 Å². The molecule has 0 saturated heterocycles. The lowest BCUT2D eigenvalue weighted by Gasteiger charge is -2.25. The van der Waals surface area contributed by atoms with Crippen LogP contribution in [0, 0.1) is 0 Å². The zero-order chi connectivity index (χ0) is 17.5. The minimum atomic E-state index is 0.745. The average molecular weight is 389 g/mol. The van der Waals surface area contributed by atoms with E-state index in [4.69, 9.17) is 17.0 Å². The van der Waals surface area contributed by atoms with E-state index >= 15 is 0 Å². The van der Waals surface area contributed by atoms with Gasteiger partial charge in [0.15, 0.2) is 5.11 Å². The van der Waals surface area contributed by atoms with Crippen molar-refractivity contribution in [1.82, 2.24) is 4.90 Å². The molecule has 3 nitrogen and oxygen atoms in total. The maximum absolute atomic E-state index is 5.68. The smallest absolute Gasteiger partial charge is 0.173 e. The summed E-state index contributed by atoms with van der Waals surface area (Å²) in [5.74, 6) is 0.838. The molecule has 6 heteroatoms. The summed E-state index contributed by atoms with van der Waals surface area (Å²) in [6.45, 7) is 1.71. The summed E-state index contributed by atoms with van der Waals surface area (Å²) in [5, 5.41) is 8.31. The van der Waals surface area contributed by atoms with Crippen LogP contribution in [0.3, 0.4) is 0 Å². The number of ether oxygens (including phenoxy) is 1. The van der Waals surface area contributed by atoms with E-state index in [1.807, 2.05) is 24.3 Å². The molecule has 130 valence electrons. The van der Waals surface area contributed by atoms with E-state index in [-0.39, 0.29) is 0 Å². The molecule has 0 aliphatic heterocycles. The van der Waals surface area contributed by atoms with Crippen molar-refractivity contribution in [2.45, 2.75) is 13.0 Å². The maximum atomic E-state index is 5.68. The van der Waals surface area contributed by atoms with Crippen molar-refractivity contribution >= 4 is 45.7 Å². The van der Waals surface area contributed by atoms with Crippen molar-refractivity contribution < 1.29 is 4.74 Å². The SMILES string of the molecule is COc1ccc(NC(=S)N(CCc2cccs2)Cc2cccs2)cc1. The van der Waals surface area contributed by atoms with Gasteiger partial charge in [0, 0.05) is 22.0 Å². The summed E-state index contributed by atoms with van der Waals surface area (Å²) < 4.78 is 5.20. The molecule has 0 fully saturated rings. The zero-order valence-corrected chi connectivity index (χ0v) is 16.4. The van der Waals surface area contributed by atoms with Gasteiger partial charge in [0.2, 0.25) is 0 Å². The molecule has 0 aliphatic carbocycles. The summed E-state index contributed by atoms with van der Waals surface area (Å²) in [4.78, 5) is 4.92. The molecule has 3 aromatic rings. The topological polar surface area (TPSA) is 24.5 Å². The van der Waals surface area contributed by atoms with Crippen LogP contribution in [0.5, 0.6) is 5.75 Å². The highest BCUT2D eigenvalue weighted by Gasteiger charge is 2.12. The van der Waals surface area contributed by atoms with Crippen molar-refractivity contribution in [2.75, 3.05) is 19.0 Å². The van der Waals surface area contributed by atoms with Crippen molar-refractivity contribution in [3.63, 3.8) is 0 Å². The van der Waals surface area contributed by atoms with Crippen LogP contribution < -0.4 is 10.1 Å². The van der Waals surface area contributed by atoms with Gasteiger partial charge in [-0.15, -0.1) is 22.7 Å². The third-order valence-corrected chi connectivity index (χ3v) is 5.92. The lowest BCUT2D eigenvalue weighted by Crippen LogP contribution is -2.35. The minimum absolute atomic E-state index is 0.745. The van der Waals surface area contributed by atoms with Crippen molar-refractivity contribution in [2.24, 2.45) is 0 Å². The normalized spacial score (nSPS) is 10.4. The fourth-order valence-corrected chi connectivity index (χ4v) is 4.11. The second-order valence-corrected chi connectivity index (χ2v) is 7.94. The van der Waals surface area contributed by atoms with E-state index in [0.29, 0.717) is 0 Å². The van der Waals surface area contributed by atoms with Gasteiger partial charge in [0.05, 0.1) is 13.7 Å². The molecule has 2 heterocycles. The van der Waals surface area contributed by atoms with Crippen LogP contribution in [0.4, 0.5) is 5.69 Å². The molecule has 25 heavy (non-hydrogen) atoms. The molecule has 1 aromatic carbocycles. The fraction of sp³-hybridized carbons (Fsp3) is 0.211. The van der Waals surface area contributed by atoms with Gasteiger partial charge >= 0.3 is 0 Å². The molecule has 1 N–H and O–H groups in total. The standard InChI is InChI=1S/C19H20N2OS3/c1-22-16-8-6-15(7-9-16)20-19(23)21(14-18-5-3-13-25-18)11-10-17-4-2-12-24-17/h2-9,12-13H,10-11,14H2,1H3,(H,20,23). The molecule has 0 radical (unpaired) electrons. The summed E-state index contributed by atoms with van der Waals surface area (Å²) in [6.07, 6.45) is 0.994. The number of anilines is 1. The molecular weight excluding hydrogens is 368 g/mol. The predicted octanol–water partition coefficient (Wildman–Crippen LogP) is 5.26.